The quantitative estimate of drug-likeness (QED) is 0.868. The zero-order valence-corrected chi connectivity index (χ0v) is 15.6. The van der Waals surface area contributed by atoms with Gasteiger partial charge in [-0.25, -0.2) is 0 Å². The molecule has 4 heteroatoms. The average molecular weight is 342 g/mol. The van der Waals surface area contributed by atoms with Gasteiger partial charge >= 0.3 is 0 Å². The molecule has 2 amide bonds. The van der Waals surface area contributed by atoms with E-state index in [0.717, 1.165) is 18.5 Å². The lowest BCUT2D eigenvalue weighted by Crippen LogP contribution is -2.37. The van der Waals surface area contributed by atoms with Crippen molar-refractivity contribution in [2.75, 3.05) is 5.32 Å². The highest BCUT2D eigenvalue weighted by molar-refractivity contribution is 5.99. The molecular formula is C21H30N2O2. The summed E-state index contributed by atoms with van der Waals surface area (Å²) in [6.45, 7) is 6.50. The van der Waals surface area contributed by atoms with Crippen LogP contribution in [0.2, 0.25) is 0 Å². The van der Waals surface area contributed by atoms with Crippen molar-refractivity contribution in [2.24, 2.45) is 11.8 Å². The summed E-state index contributed by atoms with van der Waals surface area (Å²) in [5.41, 5.74) is 2.14. The fourth-order valence-electron chi connectivity index (χ4n) is 3.62. The highest BCUT2D eigenvalue weighted by atomic mass is 16.2. The first kappa shape index (κ1) is 18.0. The normalized spacial score (nSPS) is 23.8. The average Bonchev–Trinajstić information content (AvgIpc) is 3.36. The Balaban J connectivity index is 1.48. The Hall–Kier alpha value is -1.84. The molecule has 2 aliphatic rings. The third kappa shape index (κ3) is 4.62. The second kappa shape index (κ2) is 7.19. The Bertz CT molecular complexity index is 624. The minimum Gasteiger partial charge on any atom is -0.353 e. The van der Waals surface area contributed by atoms with Gasteiger partial charge in [0.25, 0.3) is 0 Å². The van der Waals surface area contributed by atoms with Gasteiger partial charge in [-0.2, -0.15) is 0 Å². The minimum atomic E-state index is -0.175. The molecule has 1 aromatic carbocycles. The van der Waals surface area contributed by atoms with Gasteiger partial charge in [0.2, 0.25) is 11.8 Å². The summed E-state index contributed by atoms with van der Waals surface area (Å²) < 4.78 is 0. The predicted octanol–water partition coefficient (Wildman–Crippen LogP) is 4.01. The number of hydrogen-bond donors (Lipinski definition) is 2. The van der Waals surface area contributed by atoms with Crippen LogP contribution in [0.4, 0.5) is 5.69 Å². The summed E-state index contributed by atoms with van der Waals surface area (Å²) >= 11 is 0. The summed E-state index contributed by atoms with van der Waals surface area (Å²) in [4.78, 5) is 24.7. The number of anilines is 1. The van der Waals surface area contributed by atoms with Crippen LogP contribution in [0.1, 0.15) is 64.9 Å². The number of nitrogens with one attached hydrogen (secondary N) is 2. The predicted molar refractivity (Wildman–Crippen MR) is 100 cm³/mol. The second-order valence-electron chi connectivity index (χ2n) is 8.61. The maximum absolute atomic E-state index is 12.4. The number of carbonyl (C=O) groups is 2. The molecule has 0 saturated heterocycles. The highest BCUT2D eigenvalue weighted by Crippen LogP contribution is 2.40. The molecule has 0 heterocycles. The molecule has 0 radical (unpaired) electrons. The van der Waals surface area contributed by atoms with Crippen molar-refractivity contribution in [3.05, 3.63) is 29.8 Å². The number of amides is 2. The van der Waals surface area contributed by atoms with Crippen molar-refractivity contribution >= 4 is 17.5 Å². The monoisotopic (exact) mass is 342 g/mol. The molecule has 4 nitrogen and oxygen atoms in total. The van der Waals surface area contributed by atoms with Crippen molar-refractivity contribution < 1.29 is 9.59 Å². The van der Waals surface area contributed by atoms with Gasteiger partial charge in [-0.05, 0) is 42.4 Å². The van der Waals surface area contributed by atoms with E-state index in [4.69, 9.17) is 0 Å². The molecule has 0 aromatic heterocycles. The molecule has 2 saturated carbocycles. The molecule has 2 N–H and O–H groups in total. The van der Waals surface area contributed by atoms with Gasteiger partial charge in [-0.15, -0.1) is 0 Å². The van der Waals surface area contributed by atoms with Crippen LogP contribution in [-0.2, 0) is 15.0 Å². The van der Waals surface area contributed by atoms with Crippen molar-refractivity contribution in [3.8, 4) is 0 Å². The summed E-state index contributed by atoms with van der Waals surface area (Å²) in [6.07, 6.45) is 6.50. The van der Waals surface area contributed by atoms with Crippen LogP contribution in [0.3, 0.4) is 0 Å². The number of carbonyl (C=O) groups excluding carboxylic acids is 2. The number of hydrogen-bond acceptors (Lipinski definition) is 2. The van der Waals surface area contributed by atoms with E-state index in [1.54, 1.807) is 0 Å². The van der Waals surface area contributed by atoms with Crippen molar-refractivity contribution in [2.45, 2.75) is 70.8 Å². The number of benzene rings is 1. The minimum absolute atomic E-state index is 0.0349. The van der Waals surface area contributed by atoms with Crippen LogP contribution in [0, 0.1) is 11.8 Å². The lowest BCUT2D eigenvalue weighted by Gasteiger charge is -2.22. The van der Waals surface area contributed by atoms with Crippen LogP contribution < -0.4 is 10.6 Å². The van der Waals surface area contributed by atoms with Gasteiger partial charge in [0.15, 0.2) is 0 Å². The zero-order chi connectivity index (χ0) is 18.0. The van der Waals surface area contributed by atoms with E-state index in [1.165, 1.54) is 24.8 Å². The van der Waals surface area contributed by atoms with E-state index in [2.05, 4.69) is 43.5 Å². The molecule has 2 unspecified atom stereocenters. The van der Waals surface area contributed by atoms with Crippen LogP contribution in [0.15, 0.2) is 24.3 Å². The molecule has 3 rings (SSSR count). The molecule has 1 aromatic rings. The summed E-state index contributed by atoms with van der Waals surface area (Å²) in [5, 5.41) is 6.09. The molecule has 2 atom stereocenters. The number of rotatable bonds is 4. The molecule has 0 spiro atoms. The summed E-state index contributed by atoms with van der Waals surface area (Å²) in [7, 11) is 0. The topological polar surface area (TPSA) is 58.2 Å². The Kier molecular flexibility index (Phi) is 5.16. The first-order valence-corrected chi connectivity index (χ1v) is 9.56. The fourth-order valence-corrected chi connectivity index (χ4v) is 3.62. The largest absolute Gasteiger partial charge is 0.353 e. The maximum atomic E-state index is 12.4. The molecule has 0 aliphatic heterocycles. The van der Waals surface area contributed by atoms with Crippen LogP contribution >= 0.6 is 0 Å². The van der Waals surface area contributed by atoms with Crippen molar-refractivity contribution in [1.82, 2.24) is 5.32 Å². The molecule has 2 fully saturated rings. The van der Waals surface area contributed by atoms with Crippen molar-refractivity contribution in [1.29, 1.82) is 0 Å². The Morgan fingerprint density at radius 2 is 1.52 bits per heavy atom. The van der Waals surface area contributed by atoms with Crippen LogP contribution in [-0.4, -0.2) is 17.9 Å². The lowest BCUT2D eigenvalue weighted by molar-refractivity contribution is -0.126. The van der Waals surface area contributed by atoms with Crippen molar-refractivity contribution in [3.63, 3.8) is 0 Å². The standard InChI is InChI=1S/C21H30N2O2/c1-21(2,3)14-9-11-16(12-10-14)23-20(25)18-13-17(18)19(24)22-15-7-5-4-6-8-15/h9-12,15,17-18H,4-8,13H2,1-3H3,(H,22,24)(H,23,25). The second-order valence-corrected chi connectivity index (χ2v) is 8.61. The van der Waals surface area contributed by atoms with Crippen LogP contribution in [0.25, 0.3) is 0 Å². The Morgan fingerprint density at radius 3 is 2.12 bits per heavy atom. The van der Waals surface area contributed by atoms with E-state index in [9.17, 15) is 9.59 Å². The first-order valence-electron chi connectivity index (χ1n) is 9.56. The fraction of sp³-hybridized carbons (Fsp3) is 0.619. The molecule has 136 valence electrons. The van der Waals surface area contributed by atoms with Gasteiger partial charge in [-0.3, -0.25) is 9.59 Å². The lowest BCUT2D eigenvalue weighted by atomic mass is 9.87. The SMILES string of the molecule is CC(C)(C)c1ccc(NC(=O)C2CC2C(=O)NC2CCCCC2)cc1. The zero-order valence-electron chi connectivity index (χ0n) is 15.6. The van der Waals surface area contributed by atoms with E-state index in [0.29, 0.717) is 12.5 Å². The third-order valence-electron chi connectivity index (χ3n) is 5.43. The maximum Gasteiger partial charge on any atom is 0.228 e. The first-order chi connectivity index (χ1) is 11.8. The van der Waals surface area contributed by atoms with E-state index >= 15 is 0 Å². The van der Waals surface area contributed by atoms with Gasteiger partial charge < -0.3 is 10.6 Å². The summed E-state index contributed by atoms with van der Waals surface area (Å²) in [5.74, 6) is -0.288. The van der Waals surface area contributed by atoms with Gasteiger partial charge in [0.05, 0.1) is 11.8 Å². The Labute approximate surface area is 150 Å². The smallest absolute Gasteiger partial charge is 0.228 e. The van der Waals surface area contributed by atoms with Crippen LogP contribution in [0.5, 0.6) is 0 Å². The van der Waals surface area contributed by atoms with E-state index < -0.39 is 0 Å². The van der Waals surface area contributed by atoms with Gasteiger partial charge in [0.1, 0.15) is 0 Å². The van der Waals surface area contributed by atoms with Gasteiger partial charge in [-0.1, -0.05) is 52.2 Å². The Morgan fingerprint density at radius 1 is 0.920 bits per heavy atom. The summed E-state index contributed by atoms with van der Waals surface area (Å²) in [6, 6.07) is 8.30. The highest BCUT2D eigenvalue weighted by Gasteiger charge is 2.48. The van der Waals surface area contributed by atoms with E-state index in [1.807, 2.05) is 12.1 Å². The van der Waals surface area contributed by atoms with Gasteiger partial charge in [0, 0.05) is 11.7 Å². The molecule has 0 bridgehead atoms. The third-order valence-corrected chi connectivity index (χ3v) is 5.43. The molecule has 2 aliphatic carbocycles. The molecular weight excluding hydrogens is 312 g/mol. The van der Waals surface area contributed by atoms with E-state index in [-0.39, 0.29) is 29.1 Å². The molecule has 25 heavy (non-hydrogen) atoms.